The molecule has 1 nitrogen and oxygen atoms in total. The zero-order valence-corrected chi connectivity index (χ0v) is 6.55. The van der Waals surface area contributed by atoms with Crippen molar-refractivity contribution < 1.29 is 0 Å². The Balaban J connectivity index is 2.59. The fourth-order valence-electron chi connectivity index (χ4n) is 0.719. The van der Waals surface area contributed by atoms with E-state index in [-0.39, 0.29) is 5.50 Å². The molecule has 0 aliphatic rings. The maximum atomic E-state index is 5.65. The summed E-state index contributed by atoms with van der Waals surface area (Å²) in [4.78, 5) is 0. The lowest BCUT2D eigenvalue weighted by atomic mass is 10.3. The molecule has 53 valence electrons. The van der Waals surface area contributed by atoms with E-state index in [1.807, 2.05) is 37.3 Å². The minimum absolute atomic E-state index is 0.137. The molecule has 0 spiro atoms. The van der Waals surface area contributed by atoms with Crippen molar-refractivity contribution in [1.82, 2.24) is 5.32 Å². The Kier molecular flexibility index (Phi) is 2.57. The Labute approximate surface area is 66.0 Å². The van der Waals surface area contributed by atoms with Gasteiger partial charge in [0.15, 0.2) is 0 Å². The van der Waals surface area contributed by atoms with Crippen LogP contribution in [0.25, 0.3) is 0 Å². The highest BCUT2D eigenvalue weighted by atomic mass is 35.5. The summed E-state index contributed by atoms with van der Waals surface area (Å²) in [6.07, 6.45) is 0. The molecule has 1 rings (SSSR count). The Morgan fingerprint density at radius 1 is 1.30 bits per heavy atom. The average Bonchev–Trinajstić information content (AvgIpc) is 1.88. The fourth-order valence-corrected chi connectivity index (χ4v) is 0.832. The van der Waals surface area contributed by atoms with Gasteiger partial charge in [-0.1, -0.05) is 29.8 Å². The minimum Gasteiger partial charge on any atom is -0.266 e. The first-order valence-electron chi connectivity index (χ1n) is 3.19. The molecule has 0 aliphatic carbocycles. The van der Waals surface area contributed by atoms with E-state index in [0.29, 0.717) is 0 Å². The number of hydrogen-bond donors (Lipinski definition) is 0. The molecule has 0 N–H and O–H groups in total. The Morgan fingerprint density at radius 2 is 1.90 bits per heavy atom. The zero-order valence-electron chi connectivity index (χ0n) is 5.79. The van der Waals surface area contributed by atoms with Crippen LogP contribution in [0.5, 0.6) is 0 Å². The Bertz CT molecular complexity index is 184. The maximum absolute atomic E-state index is 5.65. The first kappa shape index (κ1) is 7.42. The van der Waals surface area contributed by atoms with E-state index in [4.69, 9.17) is 11.6 Å². The van der Waals surface area contributed by atoms with Gasteiger partial charge in [0.2, 0.25) is 0 Å². The van der Waals surface area contributed by atoms with E-state index in [1.165, 1.54) is 0 Å². The van der Waals surface area contributed by atoms with Crippen LogP contribution in [-0.4, -0.2) is 5.50 Å². The summed E-state index contributed by atoms with van der Waals surface area (Å²) >= 11 is 5.65. The zero-order chi connectivity index (χ0) is 7.40. The second kappa shape index (κ2) is 3.47. The number of nitrogens with zero attached hydrogens (tertiary/aromatic N) is 1. The molecule has 0 heterocycles. The molecular formula is C8H9ClN. The number of halogens is 1. The smallest absolute Gasteiger partial charge is 0.121 e. The second-order valence-corrected chi connectivity index (χ2v) is 2.67. The lowest BCUT2D eigenvalue weighted by molar-refractivity contribution is 0.838. The van der Waals surface area contributed by atoms with Gasteiger partial charge in [-0.2, -0.15) is 0 Å². The lowest BCUT2D eigenvalue weighted by Gasteiger charge is -2.02. The second-order valence-electron chi connectivity index (χ2n) is 2.04. The van der Waals surface area contributed by atoms with Crippen LogP contribution in [0.15, 0.2) is 30.3 Å². The predicted molar refractivity (Wildman–Crippen MR) is 43.6 cm³/mol. The summed E-state index contributed by atoms with van der Waals surface area (Å²) in [5, 5.41) is 4.12. The highest BCUT2D eigenvalue weighted by molar-refractivity contribution is 6.20. The average molecular weight is 155 g/mol. The van der Waals surface area contributed by atoms with Crippen LogP contribution in [0.1, 0.15) is 6.92 Å². The third-order valence-corrected chi connectivity index (χ3v) is 1.18. The van der Waals surface area contributed by atoms with Crippen LogP contribution >= 0.6 is 11.6 Å². The summed E-state index contributed by atoms with van der Waals surface area (Å²) in [6, 6.07) is 9.70. The first-order valence-corrected chi connectivity index (χ1v) is 3.62. The van der Waals surface area contributed by atoms with Crippen molar-refractivity contribution in [3.05, 3.63) is 30.3 Å². The molecule has 0 saturated carbocycles. The van der Waals surface area contributed by atoms with Crippen molar-refractivity contribution in [3.8, 4) is 0 Å². The normalized spacial score (nSPS) is 12.6. The first-order chi connectivity index (χ1) is 4.79. The number of hydrogen-bond acceptors (Lipinski definition) is 0. The van der Waals surface area contributed by atoms with Crippen LogP contribution in [0.3, 0.4) is 0 Å². The van der Waals surface area contributed by atoms with Crippen molar-refractivity contribution in [2.45, 2.75) is 12.4 Å². The largest absolute Gasteiger partial charge is 0.266 e. The predicted octanol–water partition coefficient (Wildman–Crippen LogP) is 2.51. The van der Waals surface area contributed by atoms with Crippen LogP contribution in [-0.2, 0) is 0 Å². The van der Waals surface area contributed by atoms with E-state index in [1.54, 1.807) is 0 Å². The number of rotatable bonds is 2. The van der Waals surface area contributed by atoms with Gasteiger partial charge in [0.05, 0.1) is 5.69 Å². The van der Waals surface area contributed by atoms with Gasteiger partial charge in [-0.15, -0.1) is 0 Å². The molecule has 0 bridgehead atoms. The molecule has 2 heteroatoms. The SMILES string of the molecule is CC(Cl)[N]c1ccccc1. The Morgan fingerprint density at radius 3 is 2.40 bits per heavy atom. The molecule has 0 amide bonds. The van der Waals surface area contributed by atoms with Gasteiger partial charge in [-0.25, -0.2) is 0 Å². The van der Waals surface area contributed by atoms with Crippen molar-refractivity contribution in [1.29, 1.82) is 0 Å². The summed E-state index contributed by atoms with van der Waals surface area (Å²) in [7, 11) is 0. The molecule has 0 aromatic heterocycles. The molecular weight excluding hydrogens is 146 g/mol. The van der Waals surface area contributed by atoms with E-state index in [0.717, 1.165) is 5.69 Å². The maximum Gasteiger partial charge on any atom is 0.121 e. The molecule has 1 aromatic rings. The van der Waals surface area contributed by atoms with Crippen molar-refractivity contribution in [2.75, 3.05) is 0 Å². The molecule has 1 aromatic carbocycles. The van der Waals surface area contributed by atoms with Crippen molar-refractivity contribution in [3.63, 3.8) is 0 Å². The third kappa shape index (κ3) is 2.28. The van der Waals surface area contributed by atoms with E-state index in [9.17, 15) is 0 Å². The van der Waals surface area contributed by atoms with Gasteiger partial charge in [0.25, 0.3) is 0 Å². The van der Waals surface area contributed by atoms with Crippen LogP contribution in [0.4, 0.5) is 5.69 Å². The van der Waals surface area contributed by atoms with Gasteiger partial charge in [0, 0.05) is 0 Å². The van der Waals surface area contributed by atoms with E-state index >= 15 is 0 Å². The van der Waals surface area contributed by atoms with Gasteiger partial charge < -0.3 is 0 Å². The highest BCUT2D eigenvalue weighted by Gasteiger charge is 1.95. The molecule has 0 aliphatic heterocycles. The van der Waals surface area contributed by atoms with Gasteiger partial charge in [-0.3, -0.25) is 5.32 Å². The summed E-state index contributed by atoms with van der Waals surface area (Å²) < 4.78 is 0. The minimum atomic E-state index is -0.137. The van der Waals surface area contributed by atoms with Crippen LogP contribution in [0.2, 0.25) is 0 Å². The number of para-hydroxylation sites is 1. The highest BCUT2D eigenvalue weighted by Crippen LogP contribution is 2.08. The third-order valence-electron chi connectivity index (χ3n) is 1.08. The van der Waals surface area contributed by atoms with Gasteiger partial charge in [-0.05, 0) is 19.1 Å². The van der Waals surface area contributed by atoms with Crippen molar-refractivity contribution in [2.24, 2.45) is 0 Å². The number of benzene rings is 1. The molecule has 10 heavy (non-hydrogen) atoms. The molecule has 0 saturated heterocycles. The summed E-state index contributed by atoms with van der Waals surface area (Å²) in [5.41, 5.74) is 0.799. The summed E-state index contributed by atoms with van der Waals surface area (Å²) in [6.45, 7) is 1.84. The van der Waals surface area contributed by atoms with Crippen LogP contribution < -0.4 is 5.32 Å². The number of alkyl halides is 1. The topological polar surface area (TPSA) is 14.1 Å². The van der Waals surface area contributed by atoms with Gasteiger partial charge >= 0.3 is 0 Å². The molecule has 1 atom stereocenters. The molecule has 1 radical (unpaired) electrons. The monoisotopic (exact) mass is 154 g/mol. The van der Waals surface area contributed by atoms with E-state index in [2.05, 4.69) is 5.32 Å². The standard InChI is InChI=1S/C8H9ClN/c1-7(9)10-8-5-3-2-4-6-8/h2-7H,1H3. The van der Waals surface area contributed by atoms with Crippen molar-refractivity contribution >= 4 is 17.3 Å². The molecule has 1 unspecified atom stereocenters. The molecule has 0 fully saturated rings. The van der Waals surface area contributed by atoms with Gasteiger partial charge in [0.1, 0.15) is 5.50 Å². The van der Waals surface area contributed by atoms with E-state index < -0.39 is 0 Å². The fraction of sp³-hybridized carbons (Fsp3) is 0.250. The van der Waals surface area contributed by atoms with Crippen LogP contribution in [0, 0.1) is 0 Å². The Hall–Kier alpha value is -0.690. The summed E-state index contributed by atoms with van der Waals surface area (Å²) in [5.74, 6) is 0. The lowest BCUT2D eigenvalue weighted by Crippen LogP contribution is -2.04. The quantitative estimate of drug-likeness (QED) is 0.459.